The molecule has 2 heterocycles. The number of carbonyl (C=O) groups excluding carboxylic acids is 2. The Bertz CT molecular complexity index is 1040. The summed E-state index contributed by atoms with van der Waals surface area (Å²) in [5.41, 5.74) is 0.983. The van der Waals surface area contributed by atoms with E-state index >= 15 is 0 Å². The number of hydrogen-bond donors (Lipinski definition) is 1. The standard InChI is InChI=1S/C26H33F3N4O2/c1-5-19-10-9-18(16-32-13-11-20(12-14-32)24(35)31-25(2,3)4)15-21(19)33(17-34)23-8-6-7-22(30-23)26(27,28)29/h6-10,15,17,20H,5,11-14,16H2,1-4H3,(H,31,35). The van der Waals surface area contributed by atoms with Crippen LogP contribution in [0.5, 0.6) is 0 Å². The number of pyridine rings is 1. The van der Waals surface area contributed by atoms with E-state index in [1.165, 1.54) is 17.0 Å². The molecule has 190 valence electrons. The van der Waals surface area contributed by atoms with Gasteiger partial charge < -0.3 is 5.32 Å². The van der Waals surface area contributed by atoms with Crippen molar-refractivity contribution in [3.05, 3.63) is 53.2 Å². The number of nitrogens with zero attached hydrogens (tertiary/aromatic N) is 3. The van der Waals surface area contributed by atoms with Gasteiger partial charge in [-0.2, -0.15) is 13.2 Å². The van der Waals surface area contributed by atoms with Gasteiger partial charge in [-0.15, -0.1) is 0 Å². The fourth-order valence-corrected chi connectivity index (χ4v) is 4.26. The Morgan fingerprint density at radius 1 is 1.17 bits per heavy atom. The summed E-state index contributed by atoms with van der Waals surface area (Å²) < 4.78 is 39.5. The molecule has 1 fully saturated rings. The monoisotopic (exact) mass is 490 g/mol. The quantitative estimate of drug-likeness (QED) is 0.550. The number of aryl methyl sites for hydroxylation is 1. The van der Waals surface area contributed by atoms with Crippen LogP contribution in [0.2, 0.25) is 0 Å². The normalized spacial score (nSPS) is 15.6. The molecule has 0 unspecified atom stereocenters. The third kappa shape index (κ3) is 7.04. The molecule has 3 rings (SSSR count). The van der Waals surface area contributed by atoms with Crippen molar-refractivity contribution in [3.8, 4) is 0 Å². The van der Waals surface area contributed by atoms with E-state index in [0.29, 0.717) is 25.1 Å². The Balaban J connectivity index is 1.76. The van der Waals surface area contributed by atoms with E-state index in [0.717, 1.165) is 43.1 Å². The Kier molecular flexibility index (Phi) is 8.20. The molecule has 0 atom stereocenters. The van der Waals surface area contributed by atoms with Gasteiger partial charge in [0, 0.05) is 18.0 Å². The summed E-state index contributed by atoms with van der Waals surface area (Å²) in [5.74, 6) is -0.00432. The number of rotatable bonds is 7. The number of carbonyl (C=O) groups is 2. The number of benzene rings is 1. The third-order valence-electron chi connectivity index (χ3n) is 6.03. The van der Waals surface area contributed by atoms with Crippen molar-refractivity contribution in [2.75, 3.05) is 18.0 Å². The highest BCUT2D eigenvalue weighted by molar-refractivity contribution is 5.86. The molecule has 2 amide bonds. The minimum absolute atomic E-state index is 0.0129. The zero-order chi connectivity index (χ0) is 25.8. The Labute approximate surface area is 204 Å². The number of halogens is 3. The van der Waals surface area contributed by atoms with Crippen LogP contribution in [0.15, 0.2) is 36.4 Å². The summed E-state index contributed by atoms with van der Waals surface area (Å²) in [6, 6.07) is 9.24. The maximum absolute atomic E-state index is 13.2. The molecule has 1 aliphatic heterocycles. The summed E-state index contributed by atoms with van der Waals surface area (Å²) in [5, 5.41) is 3.05. The number of aromatic nitrogens is 1. The predicted molar refractivity (Wildman–Crippen MR) is 129 cm³/mol. The third-order valence-corrected chi connectivity index (χ3v) is 6.03. The predicted octanol–water partition coefficient (Wildman–Crippen LogP) is 5.08. The molecule has 0 aliphatic carbocycles. The number of nitrogens with one attached hydrogen (secondary N) is 1. The highest BCUT2D eigenvalue weighted by atomic mass is 19.4. The minimum Gasteiger partial charge on any atom is -0.351 e. The van der Waals surface area contributed by atoms with Crippen molar-refractivity contribution < 1.29 is 22.8 Å². The first kappa shape index (κ1) is 26.7. The fraction of sp³-hybridized carbons (Fsp3) is 0.500. The van der Waals surface area contributed by atoms with Crippen LogP contribution < -0.4 is 10.2 Å². The molecule has 6 nitrogen and oxygen atoms in total. The van der Waals surface area contributed by atoms with Gasteiger partial charge in [-0.05, 0) is 82.4 Å². The summed E-state index contributed by atoms with van der Waals surface area (Å²) in [4.78, 5) is 31.6. The van der Waals surface area contributed by atoms with E-state index in [9.17, 15) is 22.8 Å². The van der Waals surface area contributed by atoms with Crippen molar-refractivity contribution >= 4 is 23.8 Å². The molecule has 1 aromatic heterocycles. The van der Waals surface area contributed by atoms with E-state index in [-0.39, 0.29) is 23.2 Å². The number of anilines is 2. The summed E-state index contributed by atoms with van der Waals surface area (Å²) in [7, 11) is 0. The molecule has 1 saturated heterocycles. The molecule has 0 radical (unpaired) electrons. The van der Waals surface area contributed by atoms with Crippen LogP contribution in [-0.2, 0) is 28.7 Å². The van der Waals surface area contributed by atoms with Crippen LogP contribution in [0.4, 0.5) is 24.7 Å². The maximum atomic E-state index is 13.2. The van der Waals surface area contributed by atoms with Crippen LogP contribution >= 0.6 is 0 Å². The Hall–Kier alpha value is -2.94. The van der Waals surface area contributed by atoms with Crippen molar-refractivity contribution in [2.24, 2.45) is 5.92 Å². The van der Waals surface area contributed by atoms with E-state index in [1.54, 1.807) is 0 Å². The average molecular weight is 491 g/mol. The molecule has 1 aromatic carbocycles. The molecule has 9 heteroatoms. The number of piperidine rings is 1. The van der Waals surface area contributed by atoms with Crippen LogP contribution in [-0.4, -0.2) is 40.8 Å². The van der Waals surface area contributed by atoms with Crippen molar-refractivity contribution in [1.82, 2.24) is 15.2 Å². The number of hydrogen-bond acceptors (Lipinski definition) is 4. The van der Waals surface area contributed by atoms with E-state index in [4.69, 9.17) is 0 Å². The van der Waals surface area contributed by atoms with Crippen molar-refractivity contribution in [1.29, 1.82) is 0 Å². The first-order valence-corrected chi connectivity index (χ1v) is 11.9. The smallest absolute Gasteiger partial charge is 0.351 e. The van der Waals surface area contributed by atoms with Crippen molar-refractivity contribution in [2.45, 2.75) is 65.2 Å². The number of alkyl halides is 3. The van der Waals surface area contributed by atoms with Gasteiger partial charge in [0.1, 0.15) is 11.5 Å². The van der Waals surface area contributed by atoms with Crippen LogP contribution in [0.3, 0.4) is 0 Å². The molecule has 1 N–H and O–H groups in total. The van der Waals surface area contributed by atoms with Gasteiger partial charge in [0.25, 0.3) is 0 Å². The van der Waals surface area contributed by atoms with Gasteiger partial charge in [-0.1, -0.05) is 25.1 Å². The topological polar surface area (TPSA) is 65.5 Å². The summed E-state index contributed by atoms with van der Waals surface area (Å²) in [6.45, 7) is 9.97. The lowest BCUT2D eigenvalue weighted by molar-refractivity contribution is -0.141. The second-order valence-corrected chi connectivity index (χ2v) is 9.96. The second-order valence-electron chi connectivity index (χ2n) is 9.96. The van der Waals surface area contributed by atoms with Crippen molar-refractivity contribution in [3.63, 3.8) is 0 Å². The largest absolute Gasteiger partial charge is 0.433 e. The average Bonchev–Trinajstić information content (AvgIpc) is 2.79. The van der Waals surface area contributed by atoms with Gasteiger partial charge in [-0.3, -0.25) is 19.4 Å². The zero-order valence-electron chi connectivity index (χ0n) is 20.7. The van der Waals surface area contributed by atoms with Gasteiger partial charge in [0.05, 0.1) is 5.69 Å². The maximum Gasteiger partial charge on any atom is 0.433 e. The van der Waals surface area contributed by atoms with Crippen LogP contribution in [0, 0.1) is 5.92 Å². The highest BCUT2D eigenvalue weighted by Crippen LogP contribution is 2.32. The summed E-state index contributed by atoms with van der Waals surface area (Å²) >= 11 is 0. The molecule has 0 spiro atoms. The zero-order valence-corrected chi connectivity index (χ0v) is 20.7. The lowest BCUT2D eigenvalue weighted by Gasteiger charge is -2.33. The molecule has 2 aromatic rings. The fourth-order valence-electron chi connectivity index (χ4n) is 4.26. The van der Waals surface area contributed by atoms with E-state index < -0.39 is 11.9 Å². The summed E-state index contributed by atoms with van der Waals surface area (Å²) in [6.07, 6.45) is -1.98. The Morgan fingerprint density at radius 2 is 1.86 bits per heavy atom. The molecular formula is C26H33F3N4O2. The van der Waals surface area contributed by atoms with Gasteiger partial charge in [0.2, 0.25) is 12.3 Å². The first-order chi connectivity index (χ1) is 16.4. The molecule has 1 aliphatic rings. The highest BCUT2D eigenvalue weighted by Gasteiger charge is 2.33. The molecule has 35 heavy (non-hydrogen) atoms. The molecule has 0 bridgehead atoms. The molecule has 0 saturated carbocycles. The van der Waals surface area contributed by atoms with Gasteiger partial charge >= 0.3 is 6.18 Å². The molecular weight excluding hydrogens is 457 g/mol. The second kappa shape index (κ2) is 10.8. The lowest BCUT2D eigenvalue weighted by atomic mass is 9.94. The number of amides is 2. The van der Waals surface area contributed by atoms with E-state index in [1.807, 2.05) is 45.9 Å². The van der Waals surface area contributed by atoms with Gasteiger partial charge in [-0.25, -0.2) is 4.98 Å². The lowest BCUT2D eigenvalue weighted by Crippen LogP contribution is -2.46. The van der Waals surface area contributed by atoms with E-state index in [2.05, 4.69) is 15.2 Å². The Morgan fingerprint density at radius 3 is 2.43 bits per heavy atom. The van der Waals surface area contributed by atoms with Gasteiger partial charge in [0.15, 0.2) is 0 Å². The first-order valence-electron chi connectivity index (χ1n) is 11.9. The SMILES string of the molecule is CCc1ccc(CN2CCC(C(=O)NC(C)(C)C)CC2)cc1N(C=O)c1cccc(C(F)(F)F)n1. The minimum atomic E-state index is -4.60. The number of likely N-dealkylation sites (tertiary alicyclic amines) is 1. The van der Waals surface area contributed by atoms with Crippen LogP contribution in [0.1, 0.15) is 57.4 Å². The van der Waals surface area contributed by atoms with Crippen LogP contribution in [0.25, 0.3) is 0 Å².